The number of fused-ring (bicyclic) bond motifs is 1. The molecule has 0 amide bonds. The number of hydrogen-bond donors (Lipinski definition) is 0. The molecule has 0 radical (unpaired) electrons. The van der Waals surface area contributed by atoms with E-state index < -0.39 is 0 Å². The van der Waals surface area contributed by atoms with E-state index in [1.165, 1.54) is 16.9 Å². The Bertz CT molecular complexity index is 1270. The van der Waals surface area contributed by atoms with E-state index in [0.717, 1.165) is 22.5 Å². The molecule has 0 spiro atoms. The van der Waals surface area contributed by atoms with Gasteiger partial charge in [-0.05, 0) is 36.0 Å². The van der Waals surface area contributed by atoms with Crippen LogP contribution in [-0.4, -0.2) is 12.0 Å². The van der Waals surface area contributed by atoms with Gasteiger partial charge in [0, 0.05) is 17.6 Å². The maximum Gasteiger partial charge on any atom is 3.00 e. The molecule has 0 bridgehead atoms. The molecule has 0 saturated carbocycles. The third kappa shape index (κ3) is 5.68. The summed E-state index contributed by atoms with van der Waals surface area (Å²) in [5, 5.41) is 0. The molecule has 2 heterocycles. The van der Waals surface area contributed by atoms with Gasteiger partial charge in [-0.1, -0.05) is 54.6 Å². The van der Waals surface area contributed by atoms with Crippen LogP contribution in [-0.2, 0) is 20.1 Å². The molecule has 6 rings (SSSR count). The average Bonchev–Trinajstić information content (AvgIpc) is 3.27. The number of para-hydroxylation sites is 3. The van der Waals surface area contributed by atoms with Gasteiger partial charge in [-0.15, -0.1) is 41.6 Å². The monoisotopic (exact) mass is 631 g/mol. The summed E-state index contributed by atoms with van der Waals surface area (Å²) in [4.78, 5) is 8.76. The second-order valence-corrected chi connectivity index (χ2v) is 7.91. The van der Waals surface area contributed by atoms with Crippen molar-refractivity contribution >= 4 is 17.1 Å². The topological polar surface area (TPSA) is 19.4 Å². The van der Waals surface area contributed by atoms with Gasteiger partial charge >= 0.3 is 20.1 Å². The van der Waals surface area contributed by atoms with Crippen molar-refractivity contribution in [1.29, 1.82) is 0 Å². The minimum Gasteiger partial charge on any atom is -0.504 e. The van der Waals surface area contributed by atoms with Crippen LogP contribution in [0.3, 0.4) is 0 Å². The van der Waals surface area contributed by atoms with Gasteiger partial charge in [0.25, 0.3) is 0 Å². The molecule has 35 heavy (non-hydrogen) atoms. The Morgan fingerprint density at radius 3 is 2.00 bits per heavy atom. The summed E-state index contributed by atoms with van der Waals surface area (Å²) in [5.41, 5.74) is 7.79. The number of rotatable bonds is 3. The molecule has 1 aliphatic rings. The average molecular weight is 631 g/mol. The first-order chi connectivity index (χ1) is 16.8. The van der Waals surface area contributed by atoms with Gasteiger partial charge < -0.3 is 14.8 Å². The summed E-state index contributed by atoms with van der Waals surface area (Å²) < 4.78 is 0. The van der Waals surface area contributed by atoms with Crippen molar-refractivity contribution in [2.24, 2.45) is 0 Å². The number of pyridine rings is 1. The number of benzene rings is 4. The Morgan fingerprint density at radius 1 is 0.657 bits per heavy atom. The van der Waals surface area contributed by atoms with E-state index in [1.807, 2.05) is 72.9 Å². The van der Waals surface area contributed by atoms with Crippen molar-refractivity contribution in [1.82, 2.24) is 4.98 Å². The second kappa shape index (κ2) is 11.6. The quantitative estimate of drug-likeness (QED) is 0.194. The number of hydrogen-bond acceptors (Lipinski definition) is 3. The SMILES string of the molecule is CN1[CH-]N(c2[c-]cccc2)c2ccccc21.[Ir+3].[c-]1ccccc1-c1ccc(-c2ccccc2)cn1. The molecule has 0 atom stereocenters. The smallest absolute Gasteiger partial charge is 0.504 e. The summed E-state index contributed by atoms with van der Waals surface area (Å²) in [6.07, 6.45) is 1.91. The fraction of sp³-hybridized carbons (Fsp3) is 0.0323. The number of nitrogens with zero attached hydrogens (tertiary/aromatic N) is 3. The predicted molar refractivity (Wildman–Crippen MR) is 141 cm³/mol. The predicted octanol–water partition coefficient (Wildman–Crippen LogP) is 7.41. The Balaban J connectivity index is 0.000000161. The molecule has 0 saturated heterocycles. The van der Waals surface area contributed by atoms with Crippen molar-refractivity contribution in [3.05, 3.63) is 140 Å². The molecule has 172 valence electrons. The van der Waals surface area contributed by atoms with Gasteiger partial charge in [-0.25, -0.2) is 0 Å². The van der Waals surface area contributed by atoms with Crippen molar-refractivity contribution in [2.75, 3.05) is 16.8 Å². The molecule has 0 unspecified atom stereocenters. The van der Waals surface area contributed by atoms with Crippen LogP contribution in [0.4, 0.5) is 17.1 Å². The van der Waals surface area contributed by atoms with E-state index >= 15 is 0 Å². The Labute approximate surface area is 221 Å². The van der Waals surface area contributed by atoms with Crippen LogP contribution in [0.15, 0.2) is 121 Å². The zero-order valence-corrected chi connectivity index (χ0v) is 21.7. The van der Waals surface area contributed by atoms with Gasteiger partial charge in [0.05, 0.1) is 0 Å². The van der Waals surface area contributed by atoms with Crippen LogP contribution in [0.2, 0.25) is 0 Å². The Hall–Kier alpha value is -3.72. The normalized spacial score (nSPS) is 11.7. The second-order valence-electron chi connectivity index (χ2n) is 7.91. The van der Waals surface area contributed by atoms with Crippen molar-refractivity contribution < 1.29 is 20.1 Å². The van der Waals surface area contributed by atoms with Crippen LogP contribution >= 0.6 is 0 Å². The van der Waals surface area contributed by atoms with Crippen LogP contribution in [0.5, 0.6) is 0 Å². The molecule has 0 fully saturated rings. The third-order valence-electron chi connectivity index (χ3n) is 5.62. The molecule has 0 N–H and O–H groups in total. The molecule has 4 heteroatoms. The van der Waals surface area contributed by atoms with E-state index in [-0.39, 0.29) is 20.1 Å². The summed E-state index contributed by atoms with van der Waals surface area (Å²) in [6, 6.07) is 45.1. The van der Waals surface area contributed by atoms with E-state index in [0.29, 0.717) is 0 Å². The number of anilines is 3. The first-order valence-corrected chi connectivity index (χ1v) is 11.2. The molecule has 1 aromatic heterocycles. The van der Waals surface area contributed by atoms with Crippen molar-refractivity contribution in [3.63, 3.8) is 0 Å². The zero-order chi connectivity index (χ0) is 23.2. The van der Waals surface area contributed by atoms with Crippen molar-refractivity contribution in [3.8, 4) is 22.4 Å². The van der Waals surface area contributed by atoms with Gasteiger partial charge in [-0.2, -0.15) is 37.0 Å². The van der Waals surface area contributed by atoms with E-state index in [9.17, 15) is 0 Å². The molecular weight excluding hydrogens is 607 g/mol. The van der Waals surface area contributed by atoms with Gasteiger partial charge in [0.2, 0.25) is 0 Å². The van der Waals surface area contributed by atoms with E-state index in [4.69, 9.17) is 0 Å². The first-order valence-electron chi connectivity index (χ1n) is 11.2. The van der Waals surface area contributed by atoms with Gasteiger partial charge in [0.15, 0.2) is 0 Å². The summed E-state index contributed by atoms with van der Waals surface area (Å²) in [5.74, 6) is 0. The zero-order valence-electron chi connectivity index (χ0n) is 19.3. The molecular formula is C31H24IrN3. The summed E-state index contributed by atoms with van der Waals surface area (Å²) in [7, 11) is 2.06. The number of aromatic nitrogens is 1. The van der Waals surface area contributed by atoms with Crippen LogP contribution in [0.25, 0.3) is 22.4 Å². The molecule has 0 aliphatic carbocycles. The minimum atomic E-state index is 0. The summed E-state index contributed by atoms with van der Waals surface area (Å²) in [6.45, 7) is 2.08. The fourth-order valence-corrected chi connectivity index (χ4v) is 3.90. The summed E-state index contributed by atoms with van der Waals surface area (Å²) >= 11 is 0. The minimum absolute atomic E-state index is 0. The molecule has 5 aromatic rings. The van der Waals surface area contributed by atoms with E-state index in [2.05, 4.69) is 89.2 Å². The standard InChI is InChI=1S/C17H12N.C14H12N2.Ir/c1-3-7-14(8-4-1)16-11-12-17(18-13-16)15-9-5-2-6-10-15;1-15-11-16(12-7-3-2-4-8-12)14-10-6-5-9-13(14)15;/h1-9,11-13H;2-7,9-11H,1H3;/q-1;-2;+3. The largest absolute Gasteiger partial charge is 3.00 e. The maximum absolute atomic E-state index is 4.49. The Morgan fingerprint density at radius 2 is 1.34 bits per heavy atom. The van der Waals surface area contributed by atoms with Crippen molar-refractivity contribution in [2.45, 2.75) is 0 Å². The van der Waals surface area contributed by atoms with Crippen LogP contribution < -0.4 is 9.80 Å². The maximum atomic E-state index is 4.49. The van der Waals surface area contributed by atoms with E-state index in [1.54, 1.807) is 0 Å². The van der Waals surface area contributed by atoms with Gasteiger partial charge in [-0.3, -0.25) is 0 Å². The first kappa shape index (κ1) is 24.4. The van der Waals surface area contributed by atoms with Crippen LogP contribution in [0.1, 0.15) is 0 Å². The third-order valence-corrected chi connectivity index (χ3v) is 5.62. The van der Waals surface area contributed by atoms with Gasteiger partial charge in [0.1, 0.15) is 0 Å². The fourth-order valence-electron chi connectivity index (χ4n) is 3.90. The molecule has 3 nitrogen and oxygen atoms in total. The van der Waals surface area contributed by atoms with Crippen LogP contribution in [0, 0.1) is 18.8 Å². The molecule has 1 aliphatic heterocycles. The molecule has 4 aromatic carbocycles. The Kier molecular flexibility index (Phi) is 8.10.